The molecule has 4 aromatic rings. The normalized spacial score (nSPS) is 15.3. The van der Waals surface area contributed by atoms with E-state index >= 15 is 0 Å². The zero-order chi connectivity index (χ0) is 18.6. The van der Waals surface area contributed by atoms with Gasteiger partial charge in [0.25, 0.3) is 0 Å². The smallest absolute Gasteiger partial charge is 0.219 e. The SMILES string of the molecule is CC1(C)CC(=O)c2cc3c4ccccc4ccc3[n+](-c3ccccc3)c2C1.[I-]. The van der Waals surface area contributed by atoms with Crippen LogP contribution in [0, 0.1) is 5.41 Å². The maximum Gasteiger partial charge on any atom is 0.219 e. The molecule has 28 heavy (non-hydrogen) atoms. The Bertz CT molecular complexity index is 1210. The van der Waals surface area contributed by atoms with Crippen LogP contribution in [0.1, 0.15) is 36.3 Å². The summed E-state index contributed by atoms with van der Waals surface area (Å²) in [5, 5.41) is 3.54. The molecule has 5 rings (SSSR count). The Balaban J connectivity index is 0.00000192. The third-order valence-electron chi connectivity index (χ3n) is 5.66. The summed E-state index contributed by atoms with van der Waals surface area (Å²) in [7, 11) is 0. The third kappa shape index (κ3) is 3.02. The van der Waals surface area contributed by atoms with Crippen LogP contribution in [0.5, 0.6) is 0 Å². The molecule has 1 aromatic heterocycles. The topological polar surface area (TPSA) is 20.9 Å². The highest BCUT2D eigenvalue weighted by Gasteiger charge is 2.38. The van der Waals surface area contributed by atoms with E-state index in [1.54, 1.807) is 0 Å². The fourth-order valence-electron chi connectivity index (χ4n) is 4.46. The van der Waals surface area contributed by atoms with Gasteiger partial charge < -0.3 is 24.0 Å². The van der Waals surface area contributed by atoms with Crippen LogP contribution in [0.4, 0.5) is 0 Å². The largest absolute Gasteiger partial charge is 1.00 e. The number of para-hydroxylation sites is 1. The first-order valence-corrected chi connectivity index (χ1v) is 9.52. The molecular formula is C25H22INO. The molecule has 0 saturated heterocycles. The molecule has 3 heteroatoms. The number of rotatable bonds is 1. The fraction of sp³-hybridized carbons (Fsp3) is 0.200. The summed E-state index contributed by atoms with van der Waals surface area (Å²) in [6.45, 7) is 4.38. The number of pyridine rings is 1. The molecule has 2 nitrogen and oxygen atoms in total. The molecule has 0 atom stereocenters. The highest BCUT2D eigenvalue weighted by atomic mass is 127. The number of nitrogens with zero attached hydrogens (tertiary/aromatic N) is 1. The van der Waals surface area contributed by atoms with E-state index in [4.69, 9.17) is 0 Å². The van der Waals surface area contributed by atoms with E-state index in [1.165, 1.54) is 10.8 Å². The lowest BCUT2D eigenvalue weighted by atomic mass is 9.75. The van der Waals surface area contributed by atoms with Gasteiger partial charge in [0.05, 0.1) is 10.9 Å². The van der Waals surface area contributed by atoms with Crippen molar-refractivity contribution in [1.82, 2.24) is 0 Å². The second kappa shape index (κ2) is 6.96. The summed E-state index contributed by atoms with van der Waals surface area (Å²) < 4.78 is 2.30. The van der Waals surface area contributed by atoms with E-state index in [0.717, 1.165) is 34.3 Å². The van der Waals surface area contributed by atoms with Gasteiger partial charge in [-0.1, -0.05) is 56.3 Å². The van der Waals surface area contributed by atoms with Gasteiger partial charge >= 0.3 is 0 Å². The second-order valence-corrected chi connectivity index (χ2v) is 8.34. The minimum Gasteiger partial charge on any atom is -1.00 e. The molecule has 1 heterocycles. The van der Waals surface area contributed by atoms with Gasteiger partial charge in [0.15, 0.2) is 11.5 Å². The van der Waals surface area contributed by atoms with E-state index in [2.05, 4.69) is 85.1 Å². The Labute approximate surface area is 182 Å². The summed E-state index contributed by atoms with van der Waals surface area (Å²) in [4.78, 5) is 13.1. The summed E-state index contributed by atoms with van der Waals surface area (Å²) in [5.41, 5.74) is 4.25. The molecule has 140 valence electrons. The third-order valence-corrected chi connectivity index (χ3v) is 5.66. The molecule has 0 fully saturated rings. The first-order chi connectivity index (χ1) is 13.0. The maximum absolute atomic E-state index is 13.1. The van der Waals surface area contributed by atoms with Crippen molar-refractivity contribution >= 4 is 27.5 Å². The van der Waals surface area contributed by atoms with Crippen molar-refractivity contribution in [2.45, 2.75) is 26.7 Å². The second-order valence-electron chi connectivity index (χ2n) is 8.34. The van der Waals surface area contributed by atoms with E-state index in [-0.39, 0.29) is 35.2 Å². The van der Waals surface area contributed by atoms with Crippen LogP contribution >= 0.6 is 0 Å². The molecule has 0 spiro atoms. The lowest BCUT2D eigenvalue weighted by molar-refractivity contribution is -0.577. The summed E-state index contributed by atoms with van der Waals surface area (Å²) in [5.74, 6) is 0.251. The number of fused-ring (bicyclic) bond motifs is 4. The minimum absolute atomic E-state index is 0. The Morgan fingerprint density at radius 2 is 1.54 bits per heavy atom. The van der Waals surface area contributed by atoms with E-state index in [0.29, 0.717) is 6.42 Å². The molecule has 1 aliphatic carbocycles. The number of ketones is 1. The van der Waals surface area contributed by atoms with Crippen LogP contribution in [-0.2, 0) is 6.42 Å². The Hall–Kier alpha value is -2.27. The number of carbonyl (C=O) groups is 1. The number of hydrogen-bond acceptors (Lipinski definition) is 1. The lowest BCUT2D eigenvalue weighted by Gasteiger charge is -2.28. The van der Waals surface area contributed by atoms with Crippen molar-refractivity contribution in [2.75, 3.05) is 0 Å². The monoisotopic (exact) mass is 479 g/mol. The molecule has 3 aromatic carbocycles. The average Bonchev–Trinajstić information content (AvgIpc) is 2.66. The molecule has 1 aliphatic rings. The molecule has 0 N–H and O–H groups in total. The van der Waals surface area contributed by atoms with Crippen LogP contribution in [0.15, 0.2) is 72.8 Å². The van der Waals surface area contributed by atoms with E-state index in [9.17, 15) is 4.79 Å². The Morgan fingerprint density at radius 3 is 2.32 bits per heavy atom. The zero-order valence-electron chi connectivity index (χ0n) is 16.1. The number of aromatic nitrogens is 1. The number of hydrogen-bond donors (Lipinski definition) is 0. The first kappa shape index (κ1) is 19.1. The van der Waals surface area contributed by atoms with E-state index in [1.807, 2.05) is 6.07 Å². The van der Waals surface area contributed by atoms with E-state index < -0.39 is 0 Å². The first-order valence-electron chi connectivity index (χ1n) is 9.52. The lowest BCUT2D eigenvalue weighted by Crippen LogP contribution is -3.00. The van der Waals surface area contributed by atoms with Crippen molar-refractivity contribution in [2.24, 2.45) is 5.41 Å². The van der Waals surface area contributed by atoms with Crippen molar-refractivity contribution < 1.29 is 33.3 Å². The summed E-state index contributed by atoms with van der Waals surface area (Å²) >= 11 is 0. The standard InChI is InChI=1S/C25H22NO.HI/c1-25(2)15-23-21(24(27)16-25)14-20-19-11-7-6-8-17(19)12-13-22(20)26(23)18-9-4-3-5-10-18;/h3-14H,15-16H2,1-2H3;1H/q+1;/p-1. The molecule has 0 bridgehead atoms. The molecular weight excluding hydrogens is 457 g/mol. The van der Waals surface area contributed by atoms with Crippen LogP contribution in [0.3, 0.4) is 0 Å². The average molecular weight is 479 g/mol. The number of benzene rings is 3. The molecule has 0 radical (unpaired) electrons. The van der Waals surface area contributed by atoms with Gasteiger partial charge in [0.2, 0.25) is 11.2 Å². The molecule has 0 aliphatic heterocycles. The van der Waals surface area contributed by atoms with Gasteiger partial charge in [0.1, 0.15) is 0 Å². The summed E-state index contributed by atoms with van der Waals surface area (Å²) in [6.07, 6.45) is 1.50. The predicted octanol–water partition coefficient (Wildman–Crippen LogP) is 2.43. The zero-order valence-corrected chi connectivity index (χ0v) is 18.2. The number of Topliss-reactive ketones (excluding diaryl/α,β-unsaturated/α-hetero) is 1. The van der Waals surface area contributed by atoms with Crippen LogP contribution in [0.2, 0.25) is 0 Å². The number of carbonyl (C=O) groups excluding carboxylic acids is 1. The van der Waals surface area contributed by atoms with Gasteiger partial charge in [-0.15, -0.1) is 0 Å². The van der Waals surface area contributed by atoms with Crippen molar-refractivity contribution in [3.8, 4) is 5.69 Å². The maximum atomic E-state index is 13.1. The molecule has 0 amide bonds. The van der Waals surface area contributed by atoms with Gasteiger partial charge in [0, 0.05) is 31.0 Å². The van der Waals surface area contributed by atoms with Crippen LogP contribution in [-0.4, -0.2) is 5.78 Å². The van der Waals surface area contributed by atoms with Gasteiger partial charge in [-0.3, -0.25) is 4.79 Å². The highest BCUT2D eigenvalue weighted by Crippen LogP contribution is 2.36. The number of halogens is 1. The quantitative estimate of drug-likeness (QED) is 0.234. The molecule has 0 saturated carbocycles. The van der Waals surface area contributed by atoms with Crippen LogP contribution in [0.25, 0.3) is 27.4 Å². The van der Waals surface area contributed by atoms with Gasteiger partial charge in [-0.25, -0.2) is 0 Å². The predicted molar refractivity (Wildman–Crippen MR) is 109 cm³/mol. The summed E-state index contributed by atoms with van der Waals surface area (Å²) in [6, 6.07) is 25.3. The van der Waals surface area contributed by atoms with Crippen LogP contribution < -0.4 is 28.5 Å². The Morgan fingerprint density at radius 1 is 0.821 bits per heavy atom. The van der Waals surface area contributed by atoms with Gasteiger partial charge in [-0.2, -0.15) is 4.57 Å². The van der Waals surface area contributed by atoms with Crippen molar-refractivity contribution in [3.63, 3.8) is 0 Å². The molecule has 0 unspecified atom stereocenters. The fourth-order valence-corrected chi connectivity index (χ4v) is 4.46. The van der Waals surface area contributed by atoms with Crippen molar-refractivity contribution in [3.05, 3.63) is 84.1 Å². The highest BCUT2D eigenvalue weighted by molar-refractivity contribution is 6.08. The van der Waals surface area contributed by atoms with Gasteiger partial charge in [-0.05, 0) is 28.3 Å². The minimum atomic E-state index is -0.0227. The van der Waals surface area contributed by atoms with Crippen molar-refractivity contribution in [1.29, 1.82) is 0 Å². The Kier molecular flexibility index (Phi) is 4.74.